The first-order chi connectivity index (χ1) is 14.1. The number of furan rings is 1. The number of fused-ring (bicyclic) bond motifs is 1. The van der Waals surface area contributed by atoms with E-state index in [2.05, 4.69) is 10.4 Å². The fraction of sp³-hybridized carbons (Fsp3) is 0.217. The molecule has 4 aromatic rings. The number of amides is 2. The number of aromatic nitrogens is 2. The molecule has 4 rings (SSSR count). The molecule has 0 aliphatic rings. The lowest BCUT2D eigenvalue weighted by molar-refractivity contribution is 0.188. The van der Waals surface area contributed by atoms with Crippen LogP contribution in [0.15, 0.2) is 77.5 Å². The molecule has 29 heavy (non-hydrogen) atoms. The van der Waals surface area contributed by atoms with Gasteiger partial charge >= 0.3 is 6.03 Å². The first-order valence-electron chi connectivity index (χ1n) is 9.70. The van der Waals surface area contributed by atoms with E-state index in [9.17, 15) is 4.79 Å². The largest absolute Gasteiger partial charge is 0.459 e. The molecule has 2 amide bonds. The van der Waals surface area contributed by atoms with Crippen molar-refractivity contribution in [3.05, 3.63) is 84.4 Å². The number of nitrogens with zero attached hydrogens (tertiary/aromatic N) is 3. The molecule has 0 fully saturated rings. The Morgan fingerprint density at radius 3 is 2.72 bits per heavy atom. The van der Waals surface area contributed by atoms with Gasteiger partial charge in [0, 0.05) is 25.2 Å². The topological polar surface area (TPSA) is 63.3 Å². The Kier molecular flexibility index (Phi) is 5.33. The van der Waals surface area contributed by atoms with Crippen LogP contribution in [0, 0.1) is 0 Å². The molecule has 2 aromatic carbocycles. The molecule has 1 atom stereocenters. The Bertz CT molecular complexity index is 1070. The van der Waals surface area contributed by atoms with E-state index in [4.69, 9.17) is 4.42 Å². The van der Waals surface area contributed by atoms with Crippen LogP contribution in [0.5, 0.6) is 0 Å². The molecule has 0 saturated heterocycles. The maximum Gasteiger partial charge on any atom is 0.317 e. The molecule has 0 aliphatic heterocycles. The number of carbonyl (C=O) groups is 1. The number of para-hydroxylation sites is 2. The van der Waals surface area contributed by atoms with Crippen LogP contribution in [0.4, 0.5) is 4.79 Å². The number of hydrogen-bond donors (Lipinski definition) is 1. The number of carbonyl (C=O) groups excluding carboxylic acids is 1. The Balaban J connectivity index is 1.31. The van der Waals surface area contributed by atoms with Crippen molar-refractivity contribution in [1.29, 1.82) is 0 Å². The monoisotopic (exact) mass is 388 g/mol. The number of nitrogens with one attached hydrogen (secondary N) is 1. The maximum atomic E-state index is 12.5. The molecule has 0 radical (unpaired) electrons. The van der Waals surface area contributed by atoms with Crippen molar-refractivity contribution >= 4 is 17.0 Å². The number of hydrogen-bond acceptors (Lipinski definition) is 3. The predicted octanol–water partition coefficient (Wildman–Crippen LogP) is 4.56. The zero-order valence-electron chi connectivity index (χ0n) is 16.6. The first-order valence-corrected chi connectivity index (χ1v) is 9.70. The van der Waals surface area contributed by atoms with Gasteiger partial charge in [-0.2, -0.15) is 5.10 Å². The highest BCUT2D eigenvalue weighted by molar-refractivity contribution is 5.78. The lowest BCUT2D eigenvalue weighted by Gasteiger charge is -2.23. The summed E-state index contributed by atoms with van der Waals surface area (Å²) >= 11 is 0. The highest BCUT2D eigenvalue weighted by Gasteiger charge is 2.20. The van der Waals surface area contributed by atoms with Crippen molar-refractivity contribution in [2.75, 3.05) is 13.6 Å². The number of urea groups is 1. The quantitative estimate of drug-likeness (QED) is 0.526. The van der Waals surface area contributed by atoms with E-state index in [1.807, 2.05) is 84.7 Å². The molecule has 0 bridgehead atoms. The fourth-order valence-electron chi connectivity index (χ4n) is 3.22. The highest BCUT2D eigenvalue weighted by atomic mass is 16.3. The Morgan fingerprint density at radius 1 is 1.17 bits per heavy atom. The molecule has 6 heteroatoms. The lowest BCUT2D eigenvalue weighted by atomic mass is 10.2. The van der Waals surface area contributed by atoms with Gasteiger partial charge in [-0.3, -0.25) is 0 Å². The molecule has 0 spiro atoms. The lowest BCUT2D eigenvalue weighted by Crippen LogP contribution is -2.39. The smallest absolute Gasteiger partial charge is 0.317 e. The molecule has 148 valence electrons. The molecular formula is C23H24N4O2. The Labute approximate surface area is 169 Å². The van der Waals surface area contributed by atoms with Crippen molar-refractivity contribution in [3.8, 4) is 5.69 Å². The van der Waals surface area contributed by atoms with Gasteiger partial charge in [-0.05, 0) is 43.2 Å². The second kappa shape index (κ2) is 8.22. The Morgan fingerprint density at radius 2 is 1.93 bits per heavy atom. The summed E-state index contributed by atoms with van der Waals surface area (Å²) < 4.78 is 7.73. The average Bonchev–Trinajstić information content (AvgIpc) is 3.40. The van der Waals surface area contributed by atoms with Crippen LogP contribution in [0.2, 0.25) is 0 Å². The van der Waals surface area contributed by atoms with Gasteiger partial charge in [0.1, 0.15) is 11.3 Å². The minimum Gasteiger partial charge on any atom is -0.459 e. The summed E-state index contributed by atoms with van der Waals surface area (Å²) in [5.74, 6) is 0.771. The summed E-state index contributed by atoms with van der Waals surface area (Å²) in [7, 11) is 1.78. The number of benzene rings is 2. The van der Waals surface area contributed by atoms with Crippen molar-refractivity contribution in [1.82, 2.24) is 20.0 Å². The van der Waals surface area contributed by atoms with E-state index >= 15 is 0 Å². The van der Waals surface area contributed by atoms with Gasteiger partial charge in [0.25, 0.3) is 0 Å². The second-order valence-corrected chi connectivity index (χ2v) is 7.08. The summed E-state index contributed by atoms with van der Waals surface area (Å²) in [6.45, 7) is 2.50. The summed E-state index contributed by atoms with van der Waals surface area (Å²) in [6, 6.07) is 19.5. The van der Waals surface area contributed by atoms with Crippen LogP contribution in [0.1, 0.15) is 24.3 Å². The van der Waals surface area contributed by atoms with E-state index in [1.165, 1.54) is 0 Å². The normalized spacial score (nSPS) is 12.1. The van der Waals surface area contributed by atoms with E-state index in [0.29, 0.717) is 13.0 Å². The van der Waals surface area contributed by atoms with Crippen LogP contribution in [-0.4, -0.2) is 34.3 Å². The standard InChI is InChI=1S/C23H24N4O2/c1-17(22-14-19-8-6-7-11-21(19)29-22)26(2)23(28)24-13-12-18-15-25-27(16-18)20-9-4-3-5-10-20/h3-11,14-17H,12-13H2,1-2H3,(H,24,28). The maximum absolute atomic E-state index is 12.5. The van der Waals surface area contributed by atoms with Crippen molar-refractivity contribution in [2.45, 2.75) is 19.4 Å². The molecule has 0 aliphatic carbocycles. The van der Waals surface area contributed by atoms with Gasteiger partial charge in [-0.1, -0.05) is 36.4 Å². The summed E-state index contributed by atoms with van der Waals surface area (Å²) in [6.07, 6.45) is 4.54. The van der Waals surface area contributed by atoms with Crippen LogP contribution >= 0.6 is 0 Å². The fourth-order valence-corrected chi connectivity index (χ4v) is 3.22. The van der Waals surface area contributed by atoms with Gasteiger partial charge in [0.2, 0.25) is 0 Å². The van der Waals surface area contributed by atoms with Gasteiger partial charge < -0.3 is 14.6 Å². The molecule has 2 aromatic heterocycles. The molecule has 2 heterocycles. The van der Waals surface area contributed by atoms with Crippen molar-refractivity contribution < 1.29 is 9.21 Å². The second-order valence-electron chi connectivity index (χ2n) is 7.08. The van der Waals surface area contributed by atoms with E-state index < -0.39 is 0 Å². The first kappa shape index (κ1) is 18.8. The molecule has 6 nitrogen and oxygen atoms in total. The molecule has 1 N–H and O–H groups in total. The van der Waals surface area contributed by atoms with Crippen molar-refractivity contribution in [2.24, 2.45) is 0 Å². The summed E-state index contributed by atoms with van der Waals surface area (Å²) in [5.41, 5.74) is 2.92. The van der Waals surface area contributed by atoms with Gasteiger partial charge in [0.15, 0.2) is 0 Å². The summed E-state index contributed by atoms with van der Waals surface area (Å²) in [5, 5.41) is 8.40. The molecular weight excluding hydrogens is 364 g/mol. The van der Waals surface area contributed by atoms with Crippen LogP contribution in [-0.2, 0) is 6.42 Å². The zero-order valence-corrected chi connectivity index (χ0v) is 16.6. The number of rotatable bonds is 6. The Hall–Kier alpha value is -3.54. The van der Waals surface area contributed by atoms with E-state index in [1.54, 1.807) is 11.9 Å². The van der Waals surface area contributed by atoms with Crippen LogP contribution in [0.3, 0.4) is 0 Å². The van der Waals surface area contributed by atoms with Gasteiger partial charge in [0.05, 0.1) is 17.9 Å². The van der Waals surface area contributed by atoms with Crippen LogP contribution < -0.4 is 5.32 Å². The van der Waals surface area contributed by atoms with Gasteiger partial charge in [-0.15, -0.1) is 0 Å². The molecule has 0 saturated carbocycles. The zero-order chi connectivity index (χ0) is 20.2. The SMILES string of the molecule is CC(c1cc2ccccc2o1)N(C)C(=O)NCCc1cnn(-c2ccccc2)c1. The third-order valence-electron chi connectivity index (χ3n) is 5.10. The summed E-state index contributed by atoms with van der Waals surface area (Å²) in [4.78, 5) is 14.2. The predicted molar refractivity (Wildman–Crippen MR) is 113 cm³/mol. The minimum atomic E-state index is -0.164. The van der Waals surface area contributed by atoms with Crippen LogP contribution in [0.25, 0.3) is 16.7 Å². The van der Waals surface area contributed by atoms with Crippen molar-refractivity contribution in [3.63, 3.8) is 0 Å². The third-order valence-corrected chi connectivity index (χ3v) is 5.10. The molecule has 1 unspecified atom stereocenters. The highest BCUT2D eigenvalue weighted by Crippen LogP contribution is 2.26. The average molecular weight is 388 g/mol. The van der Waals surface area contributed by atoms with Gasteiger partial charge in [-0.25, -0.2) is 9.48 Å². The third kappa shape index (κ3) is 4.16. The van der Waals surface area contributed by atoms with E-state index in [0.717, 1.165) is 28.0 Å². The minimum absolute atomic E-state index is 0.131. The van der Waals surface area contributed by atoms with E-state index in [-0.39, 0.29) is 12.1 Å².